The maximum Gasteiger partial charge on any atom is 0.162 e. The highest BCUT2D eigenvalue weighted by molar-refractivity contribution is 5.68. The molecule has 3 heterocycles. The molecule has 0 bridgehead atoms. The zero-order valence-electron chi connectivity index (χ0n) is 22.0. The highest BCUT2D eigenvalue weighted by Crippen LogP contribution is 2.30. The molecule has 3 aromatic rings. The van der Waals surface area contributed by atoms with Crippen LogP contribution in [0.4, 0.5) is 5.82 Å². The molecule has 0 spiro atoms. The molecular formula is C28H37N5O4. The maximum atomic E-state index is 10.5. The fourth-order valence-electron chi connectivity index (χ4n) is 4.29. The van der Waals surface area contributed by atoms with Crippen molar-refractivity contribution in [2.24, 2.45) is 0 Å². The molecule has 1 aliphatic rings. The monoisotopic (exact) mass is 507 g/mol. The summed E-state index contributed by atoms with van der Waals surface area (Å²) in [6.45, 7) is 5.53. The average molecular weight is 508 g/mol. The predicted molar refractivity (Wildman–Crippen MR) is 144 cm³/mol. The topological polar surface area (TPSA) is 113 Å². The van der Waals surface area contributed by atoms with Crippen molar-refractivity contribution in [3.05, 3.63) is 54.4 Å². The van der Waals surface area contributed by atoms with Gasteiger partial charge in [0.15, 0.2) is 5.82 Å². The number of aliphatic hydroxyl groups is 2. The summed E-state index contributed by atoms with van der Waals surface area (Å²) in [6.07, 6.45) is 2.95. The van der Waals surface area contributed by atoms with Crippen LogP contribution in [0.1, 0.15) is 32.4 Å². The molecule has 0 radical (unpaired) electrons. The summed E-state index contributed by atoms with van der Waals surface area (Å²) in [5.74, 6) is 2.01. The largest absolute Gasteiger partial charge is 0.491 e. The molecule has 3 N–H and O–H groups in total. The van der Waals surface area contributed by atoms with Crippen molar-refractivity contribution >= 4 is 5.82 Å². The summed E-state index contributed by atoms with van der Waals surface area (Å²) < 4.78 is 11.4. The van der Waals surface area contributed by atoms with Crippen LogP contribution in [-0.4, -0.2) is 77.8 Å². The molecule has 0 amide bonds. The van der Waals surface area contributed by atoms with Gasteiger partial charge in [0.1, 0.15) is 29.9 Å². The number of hydrogen-bond acceptors (Lipinski definition) is 9. The third-order valence-electron chi connectivity index (χ3n) is 6.47. The second-order valence-corrected chi connectivity index (χ2v) is 9.93. The van der Waals surface area contributed by atoms with E-state index in [-0.39, 0.29) is 6.61 Å². The number of aliphatic hydroxyl groups excluding tert-OH is 1. The maximum absolute atomic E-state index is 10.5. The van der Waals surface area contributed by atoms with Crippen molar-refractivity contribution < 1.29 is 19.7 Å². The Hall–Kier alpha value is -3.11. The van der Waals surface area contributed by atoms with Crippen LogP contribution >= 0.6 is 0 Å². The first-order chi connectivity index (χ1) is 17.7. The van der Waals surface area contributed by atoms with Crippen LogP contribution < -0.4 is 15.0 Å². The summed E-state index contributed by atoms with van der Waals surface area (Å²) in [6, 6.07) is 13.6. The minimum absolute atomic E-state index is 0.180. The molecule has 1 atom stereocenters. The highest BCUT2D eigenvalue weighted by Gasteiger charge is 2.23. The van der Waals surface area contributed by atoms with Crippen molar-refractivity contribution in [3.63, 3.8) is 0 Å². The van der Waals surface area contributed by atoms with Gasteiger partial charge in [-0.15, -0.1) is 0 Å². The summed E-state index contributed by atoms with van der Waals surface area (Å²) in [5, 5.41) is 23.5. The van der Waals surface area contributed by atoms with Gasteiger partial charge in [-0.25, -0.2) is 9.97 Å². The first-order valence-corrected chi connectivity index (χ1v) is 12.7. The summed E-state index contributed by atoms with van der Waals surface area (Å²) in [5.41, 5.74) is 1.89. The van der Waals surface area contributed by atoms with E-state index in [0.717, 1.165) is 48.7 Å². The molecular weight excluding hydrogens is 470 g/mol. The second kappa shape index (κ2) is 12.0. The Morgan fingerprint density at radius 2 is 1.92 bits per heavy atom. The highest BCUT2D eigenvalue weighted by atomic mass is 16.5. The van der Waals surface area contributed by atoms with Crippen LogP contribution in [-0.2, 0) is 10.3 Å². The van der Waals surface area contributed by atoms with Gasteiger partial charge in [-0.2, -0.15) is 0 Å². The van der Waals surface area contributed by atoms with E-state index in [1.54, 1.807) is 27.1 Å². The van der Waals surface area contributed by atoms with E-state index in [1.807, 2.05) is 42.5 Å². The molecule has 1 fully saturated rings. The number of nitrogens with zero attached hydrogens (tertiary/aromatic N) is 4. The van der Waals surface area contributed by atoms with Crippen molar-refractivity contribution in [1.29, 1.82) is 0 Å². The van der Waals surface area contributed by atoms with Gasteiger partial charge < -0.3 is 29.9 Å². The third kappa shape index (κ3) is 7.01. The lowest BCUT2D eigenvalue weighted by molar-refractivity contribution is 0.0739. The van der Waals surface area contributed by atoms with Crippen LogP contribution in [0.3, 0.4) is 0 Å². The van der Waals surface area contributed by atoms with Crippen LogP contribution in [0.2, 0.25) is 0 Å². The van der Waals surface area contributed by atoms with Gasteiger partial charge in [0.2, 0.25) is 0 Å². The summed E-state index contributed by atoms with van der Waals surface area (Å²) >= 11 is 0. The Kier molecular flexibility index (Phi) is 8.71. The zero-order chi connectivity index (χ0) is 26.4. The minimum Gasteiger partial charge on any atom is -0.491 e. The van der Waals surface area contributed by atoms with Gasteiger partial charge in [0.25, 0.3) is 0 Å². The van der Waals surface area contributed by atoms with E-state index in [9.17, 15) is 10.2 Å². The second-order valence-electron chi connectivity index (χ2n) is 9.93. The molecule has 1 saturated heterocycles. The van der Waals surface area contributed by atoms with Crippen LogP contribution in [0.25, 0.3) is 22.6 Å². The van der Waals surface area contributed by atoms with E-state index < -0.39 is 11.7 Å². The van der Waals surface area contributed by atoms with Gasteiger partial charge in [-0.1, -0.05) is 12.1 Å². The van der Waals surface area contributed by atoms with E-state index in [0.29, 0.717) is 29.9 Å². The summed E-state index contributed by atoms with van der Waals surface area (Å²) in [7, 11) is 3.85. The van der Waals surface area contributed by atoms with E-state index in [4.69, 9.17) is 19.4 Å². The fraction of sp³-hybridized carbons (Fsp3) is 0.464. The number of hydrogen-bond donors (Lipinski definition) is 3. The van der Waals surface area contributed by atoms with Gasteiger partial charge in [0.05, 0.1) is 11.4 Å². The Morgan fingerprint density at radius 1 is 1.14 bits per heavy atom. The summed E-state index contributed by atoms with van der Waals surface area (Å²) in [4.78, 5) is 16.4. The molecule has 9 heteroatoms. The van der Waals surface area contributed by atoms with Crippen LogP contribution in [0, 0.1) is 0 Å². The molecule has 0 saturated carbocycles. The number of aromatic nitrogens is 3. The van der Waals surface area contributed by atoms with Gasteiger partial charge in [0, 0.05) is 56.2 Å². The molecule has 1 aliphatic heterocycles. The molecule has 1 unspecified atom stereocenters. The molecule has 1 aromatic carbocycles. The smallest absolute Gasteiger partial charge is 0.162 e. The van der Waals surface area contributed by atoms with E-state index >= 15 is 0 Å². The minimum atomic E-state index is -1.07. The Labute approximate surface area is 218 Å². The molecule has 4 rings (SSSR count). The Bertz CT molecular complexity index is 1180. The molecule has 37 heavy (non-hydrogen) atoms. The molecule has 9 nitrogen and oxygen atoms in total. The fourth-order valence-corrected chi connectivity index (χ4v) is 4.29. The number of nitrogens with one attached hydrogen (secondary N) is 1. The third-order valence-corrected chi connectivity index (χ3v) is 6.47. The quantitative estimate of drug-likeness (QED) is 0.381. The average Bonchev–Trinajstić information content (AvgIpc) is 2.91. The van der Waals surface area contributed by atoms with Crippen molar-refractivity contribution in [3.8, 4) is 28.4 Å². The number of ether oxygens (including phenoxy) is 2. The number of benzene rings is 1. The first-order valence-electron chi connectivity index (χ1n) is 12.7. The normalized spacial score (nSPS) is 15.4. The Morgan fingerprint density at radius 3 is 2.65 bits per heavy atom. The molecule has 2 aromatic heterocycles. The van der Waals surface area contributed by atoms with E-state index in [1.165, 1.54) is 0 Å². The van der Waals surface area contributed by atoms with Crippen LogP contribution in [0.5, 0.6) is 5.75 Å². The van der Waals surface area contributed by atoms with Gasteiger partial charge >= 0.3 is 0 Å². The Balaban J connectivity index is 1.72. The van der Waals surface area contributed by atoms with Crippen molar-refractivity contribution in [2.75, 3.05) is 45.4 Å². The first kappa shape index (κ1) is 26.9. The lowest BCUT2D eigenvalue weighted by Gasteiger charge is -2.32. The lowest BCUT2D eigenvalue weighted by atomic mass is 10.0. The zero-order valence-corrected chi connectivity index (χ0v) is 22.0. The lowest BCUT2D eigenvalue weighted by Crippen LogP contribution is -2.37. The molecule has 0 aliphatic carbocycles. The SMILES string of the molecule is CNCC(O)COc1cccc(-c2nc(-c3ccnc(C(C)(C)O)c3)cc(N(C)C3CCOCC3)n2)c1. The van der Waals surface area contributed by atoms with Crippen molar-refractivity contribution in [1.82, 2.24) is 20.3 Å². The number of rotatable bonds is 10. The molecule has 198 valence electrons. The number of likely N-dealkylation sites (N-methyl/N-ethyl adjacent to an activating group) is 1. The van der Waals surface area contributed by atoms with Gasteiger partial charge in [-0.3, -0.25) is 4.98 Å². The van der Waals surface area contributed by atoms with Crippen molar-refractivity contribution in [2.45, 2.75) is 44.4 Å². The standard InChI is InChI=1S/C28H37N5O4/c1-28(2,35)25-15-19(8-11-30-25)24-16-26(33(4)21-9-12-36-13-10-21)32-27(31-24)20-6-5-7-23(14-20)37-18-22(34)17-29-3/h5-8,11,14-16,21-22,29,34-35H,9-10,12-13,17-18H2,1-4H3. The van der Waals surface area contributed by atoms with Gasteiger partial charge in [-0.05, 0) is 58.0 Å². The van der Waals surface area contributed by atoms with Crippen LogP contribution in [0.15, 0.2) is 48.7 Å². The van der Waals surface area contributed by atoms with E-state index in [2.05, 4.69) is 22.2 Å². The predicted octanol–water partition coefficient (Wildman–Crippen LogP) is 3.01. The number of anilines is 1. The number of pyridine rings is 1.